The van der Waals surface area contributed by atoms with Gasteiger partial charge in [0.25, 0.3) is 0 Å². The van der Waals surface area contributed by atoms with E-state index in [0.717, 1.165) is 31.2 Å². The van der Waals surface area contributed by atoms with Crippen LogP contribution in [0.5, 0.6) is 0 Å². The number of hydrogen-bond donors (Lipinski definition) is 3. The standard InChI is InChI=1S/C22H32N4O5S/c1-16-4-7-18(8-5-16)32(29,30)24-19-9-6-17(31-20(19)15-27)10-13-26-14-21(23-25-26)22(28)11-2-3-12-22/h4-5,7-8,14,17,19-20,24,27-28H,2-3,6,9-13,15H2,1H3/t17-,19-,20-/m0/s1. The van der Waals surface area contributed by atoms with Crippen molar-refractivity contribution in [2.45, 2.75) is 87.2 Å². The second-order valence-electron chi connectivity index (χ2n) is 8.99. The van der Waals surface area contributed by atoms with Gasteiger partial charge in [0.1, 0.15) is 11.3 Å². The SMILES string of the molecule is Cc1ccc(S(=O)(=O)N[C@H]2CC[C@@H](CCn3cc(C4(O)CCCC4)nn3)O[C@H]2CO)cc1. The minimum absolute atomic E-state index is 0.116. The normalized spacial score (nSPS) is 25.8. The summed E-state index contributed by atoms with van der Waals surface area (Å²) in [7, 11) is -3.69. The van der Waals surface area contributed by atoms with Crippen LogP contribution in [0, 0.1) is 6.92 Å². The topological polar surface area (TPSA) is 127 Å². The van der Waals surface area contributed by atoms with Crippen molar-refractivity contribution in [3.05, 3.63) is 41.7 Å². The van der Waals surface area contributed by atoms with Crippen LogP contribution < -0.4 is 4.72 Å². The van der Waals surface area contributed by atoms with Gasteiger partial charge < -0.3 is 14.9 Å². The van der Waals surface area contributed by atoms with Crippen LogP contribution in [0.4, 0.5) is 0 Å². The van der Waals surface area contributed by atoms with Crippen molar-refractivity contribution in [1.82, 2.24) is 19.7 Å². The summed E-state index contributed by atoms with van der Waals surface area (Å²) in [5, 5.41) is 28.8. The molecule has 176 valence electrons. The first kappa shape index (κ1) is 23.3. The van der Waals surface area contributed by atoms with E-state index in [1.54, 1.807) is 35.1 Å². The maximum atomic E-state index is 12.7. The largest absolute Gasteiger partial charge is 0.394 e. The van der Waals surface area contributed by atoms with E-state index in [4.69, 9.17) is 4.74 Å². The molecule has 3 atom stereocenters. The molecule has 0 unspecified atom stereocenters. The molecule has 1 aromatic heterocycles. The zero-order chi connectivity index (χ0) is 22.8. The summed E-state index contributed by atoms with van der Waals surface area (Å²) in [6.07, 6.45) is 6.41. The van der Waals surface area contributed by atoms with E-state index in [2.05, 4.69) is 15.0 Å². The average molecular weight is 465 g/mol. The second-order valence-corrected chi connectivity index (χ2v) is 10.7. The van der Waals surface area contributed by atoms with Gasteiger partial charge in [-0.15, -0.1) is 5.10 Å². The van der Waals surface area contributed by atoms with Crippen LogP contribution in [0.15, 0.2) is 35.4 Å². The fraction of sp³-hybridized carbons (Fsp3) is 0.636. The molecule has 2 fully saturated rings. The Hall–Kier alpha value is -1.85. The minimum atomic E-state index is -3.69. The molecule has 2 heterocycles. The summed E-state index contributed by atoms with van der Waals surface area (Å²) >= 11 is 0. The highest BCUT2D eigenvalue weighted by molar-refractivity contribution is 7.89. The number of benzene rings is 1. The number of rotatable bonds is 8. The third-order valence-electron chi connectivity index (χ3n) is 6.56. The molecule has 3 N–H and O–H groups in total. The van der Waals surface area contributed by atoms with E-state index in [0.29, 0.717) is 31.5 Å². The Balaban J connectivity index is 1.32. The molecule has 1 saturated carbocycles. The average Bonchev–Trinajstić information content (AvgIpc) is 3.43. The van der Waals surface area contributed by atoms with Crippen LogP contribution in [0.1, 0.15) is 56.2 Å². The van der Waals surface area contributed by atoms with Crippen molar-refractivity contribution < 1.29 is 23.4 Å². The third kappa shape index (κ3) is 5.20. The first-order chi connectivity index (χ1) is 15.3. The van der Waals surface area contributed by atoms with Crippen molar-refractivity contribution in [3.8, 4) is 0 Å². The van der Waals surface area contributed by atoms with Crippen LogP contribution >= 0.6 is 0 Å². The highest BCUT2D eigenvalue weighted by Crippen LogP contribution is 2.37. The lowest BCUT2D eigenvalue weighted by Gasteiger charge is -2.36. The lowest BCUT2D eigenvalue weighted by molar-refractivity contribution is -0.0891. The van der Waals surface area contributed by atoms with Crippen LogP contribution in [0.3, 0.4) is 0 Å². The molecule has 1 aromatic carbocycles. The van der Waals surface area contributed by atoms with E-state index >= 15 is 0 Å². The molecule has 0 amide bonds. The van der Waals surface area contributed by atoms with Crippen LogP contribution in [-0.2, 0) is 26.9 Å². The monoisotopic (exact) mass is 464 g/mol. The molecule has 4 rings (SSSR count). The molecule has 0 spiro atoms. The summed E-state index contributed by atoms with van der Waals surface area (Å²) in [6.45, 7) is 2.21. The molecule has 0 bridgehead atoms. The van der Waals surface area contributed by atoms with Gasteiger partial charge in [-0.1, -0.05) is 35.8 Å². The molecule has 2 aromatic rings. The van der Waals surface area contributed by atoms with Gasteiger partial charge in [0.15, 0.2) is 0 Å². The van der Waals surface area contributed by atoms with Gasteiger partial charge in [0.2, 0.25) is 10.0 Å². The first-order valence-corrected chi connectivity index (χ1v) is 12.8. The molecule has 32 heavy (non-hydrogen) atoms. The van der Waals surface area contributed by atoms with E-state index in [1.165, 1.54) is 0 Å². The highest BCUT2D eigenvalue weighted by atomic mass is 32.2. The Morgan fingerprint density at radius 3 is 2.62 bits per heavy atom. The maximum Gasteiger partial charge on any atom is 0.240 e. The van der Waals surface area contributed by atoms with Crippen LogP contribution in [0.25, 0.3) is 0 Å². The van der Waals surface area contributed by atoms with E-state index < -0.39 is 27.8 Å². The summed E-state index contributed by atoms with van der Waals surface area (Å²) in [4.78, 5) is 0.202. The predicted molar refractivity (Wildman–Crippen MR) is 117 cm³/mol. The molecular formula is C22H32N4O5S. The number of ether oxygens (including phenoxy) is 1. The fourth-order valence-electron chi connectivity index (χ4n) is 4.58. The van der Waals surface area contributed by atoms with Crippen LogP contribution in [-0.4, -0.2) is 58.5 Å². The van der Waals surface area contributed by atoms with Gasteiger partial charge in [-0.3, -0.25) is 4.68 Å². The van der Waals surface area contributed by atoms with Gasteiger partial charge in [-0.2, -0.15) is 0 Å². The fourth-order valence-corrected chi connectivity index (χ4v) is 5.88. The van der Waals surface area contributed by atoms with Crippen molar-refractivity contribution in [2.24, 2.45) is 0 Å². The first-order valence-electron chi connectivity index (χ1n) is 11.3. The molecule has 1 saturated heterocycles. The third-order valence-corrected chi connectivity index (χ3v) is 8.07. The Morgan fingerprint density at radius 2 is 1.94 bits per heavy atom. The minimum Gasteiger partial charge on any atom is -0.394 e. The number of hydrogen-bond acceptors (Lipinski definition) is 7. The number of aromatic nitrogens is 3. The zero-order valence-corrected chi connectivity index (χ0v) is 19.2. The lowest BCUT2D eigenvalue weighted by atomic mass is 9.98. The Kier molecular flexibility index (Phi) is 6.97. The van der Waals surface area contributed by atoms with Gasteiger partial charge in [-0.25, -0.2) is 13.1 Å². The van der Waals surface area contributed by atoms with E-state index in [1.807, 2.05) is 6.92 Å². The molecule has 1 aliphatic heterocycles. The maximum absolute atomic E-state index is 12.7. The van der Waals surface area contributed by atoms with Crippen molar-refractivity contribution >= 4 is 10.0 Å². The van der Waals surface area contributed by atoms with E-state index in [-0.39, 0.29) is 17.6 Å². The van der Waals surface area contributed by atoms with Gasteiger partial charge >= 0.3 is 0 Å². The summed E-state index contributed by atoms with van der Waals surface area (Å²) in [5.74, 6) is 0. The summed E-state index contributed by atoms with van der Waals surface area (Å²) in [6, 6.07) is 6.18. The Morgan fingerprint density at radius 1 is 1.22 bits per heavy atom. The molecule has 1 aliphatic carbocycles. The van der Waals surface area contributed by atoms with Gasteiger partial charge in [-0.05, 0) is 51.2 Å². The quantitative estimate of drug-likeness (QED) is 0.542. The molecule has 2 aliphatic rings. The van der Waals surface area contributed by atoms with Gasteiger partial charge in [0, 0.05) is 6.54 Å². The summed E-state index contributed by atoms with van der Waals surface area (Å²) in [5.41, 5.74) is 0.750. The number of nitrogens with zero attached hydrogens (tertiary/aromatic N) is 3. The number of sulfonamides is 1. The molecule has 9 nitrogen and oxygen atoms in total. The highest BCUT2D eigenvalue weighted by Gasteiger charge is 2.36. The Bertz CT molecular complexity index is 1000. The number of aliphatic hydroxyl groups excluding tert-OH is 1. The molecule has 0 radical (unpaired) electrons. The predicted octanol–water partition coefficient (Wildman–Crippen LogP) is 1.63. The summed E-state index contributed by atoms with van der Waals surface area (Å²) < 4.78 is 35.9. The zero-order valence-electron chi connectivity index (χ0n) is 18.4. The van der Waals surface area contributed by atoms with Crippen molar-refractivity contribution in [2.75, 3.05) is 6.61 Å². The Labute approximate surface area is 188 Å². The van der Waals surface area contributed by atoms with Crippen molar-refractivity contribution in [3.63, 3.8) is 0 Å². The molecule has 10 heteroatoms. The van der Waals surface area contributed by atoms with Gasteiger partial charge in [0.05, 0.1) is 35.9 Å². The second kappa shape index (κ2) is 9.56. The van der Waals surface area contributed by atoms with E-state index in [9.17, 15) is 18.6 Å². The lowest BCUT2D eigenvalue weighted by Crippen LogP contribution is -2.50. The van der Waals surface area contributed by atoms with Crippen molar-refractivity contribution in [1.29, 1.82) is 0 Å². The number of aryl methyl sites for hydroxylation is 2. The van der Waals surface area contributed by atoms with Crippen LogP contribution in [0.2, 0.25) is 0 Å². The smallest absolute Gasteiger partial charge is 0.240 e. The molecular weight excluding hydrogens is 432 g/mol. The number of aliphatic hydroxyl groups is 2. The number of nitrogens with one attached hydrogen (secondary N) is 1.